The van der Waals surface area contributed by atoms with E-state index in [1.807, 2.05) is 56.3 Å². The van der Waals surface area contributed by atoms with Gasteiger partial charge in [0.05, 0.1) is 6.61 Å². The number of halogens is 1. The number of benzene rings is 2. The summed E-state index contributed by atoms with van der Waals surface area (Å²) in [6, 6.07) is 13.5. The molecule has 27 heavy (non-hydrogen) atoms. The monoisotopic (exact) mass is 432 g/mol. The van der Waals surface area contributed by atoms with Crippen molar-refractivity contribution >= 4 is 33.4 Å². The highest BCUT2D eigenvalue weighted by Gasteiger charge is 2.07. The van der Waals surface area contributed by atoms with Crippen LogP contribution in [0.25, 0.3) is 0 Å². The molecule has 0 aromatic heterocycles. The van der Waals surface area contributed by atoms with Crippen LogP contribution in [0, 0.1) is 13.8 Å². The Hall–Kier alpha value is -2.34. The van der Waals surface area contributed by atoms with Gasteiger partial charge in [-0.25, -0.2) is 0 Å². The average Bonchev–Trinajstić information content (AvgIpc) is 2.63. The first-order valence-electron chi connectivity index (χ1n) is 8.97. The number of hydrogen-bond acceptors (Lipinski definition) is 3. The van der Waals surface area contributed by atoms with Crippen molar-refractivity contribution in [3.63, 3.8) is 0 Å². The second-order valence-corrected chi connectivity index (χ2v) is 7.24. The second-order valence-electron chi connectivity index (χ2n) is 6.32. The van der Waals surface area contributed by atoms with Crippen molar-refractivity contribution in [2.24, 2.45) is 0 Å². The fourth-order valence-electron chi connectivity index (χ4n) is 2.48. The first kappa shape index (κ1) is 21.0. The molecule has 0 radical (unpaired) electrons. The minimum Gasteiger partial charge on any atom is -0.493 e. The Morgan fingerprint density at radius 1 is 1.00 bits per heavy atom. The molecule has 0 unspecified atom stereocenters. The Bertz CT molecular complexity index is 793. The van der Waals surface area contributed by atoms with Crippen molar-refractivity contribution in [2.75, 3.05) is 18.5 Å². The SMILES string of the molecule is Cc1ccc(Br)cc1NC(=O)CCNC(=O)CCCOc1ccccc1C. The zero-order valence-corrected chi connectivity index (χ0v) is 17.3. The number of rotatable bonds is 9. The summed E-state index contributed by atoms with van der Waals surface area (Å²) in [5, 5.41) is 5.63. The van der Waals surface area contributed by atoms with E-state index >= 15 is 0 Å². The molecule has 0 heterocycles. The number of aryl methyl sites for hydroxylation is 2. The lowest BCUT2D eigenvalue weighted by molar-refractivity contribution is -0.121. The van der Waals surface area contributed by atoms with E-state index in [2.05, 4.69) is 26.6 Å². The van der Waals surface area contributed by atoms with Crippen molar-refractivity contribution < 1.29 is 14.3 Å². The molecule has 6 heteroatoms. The third-order valence-electron chi connectivity index (χ3n) is 4.05. The normalized spacial score (nSPS) is 10.3. The molecular weight excluding hydrogens is 408 g/mol. The van der Waals surface area contributed by atoms with Crippen LogP contribution in [0.5, 0.6) is 5.75 Å². The van der Waals surface area contributed by atoms with Gasteiger partial charge in [0.1, 0.15) is 5.75 Å². The molecule has 144 valence electrons. The number of amides is 2. The highest BCUT2D eigenvalue weighted by molar-refractivity contribution is 9.10. The topological polar surface area (TPSA) is 67.4 Å². The van der Waals surface area contributed by atoms with E-state index in [-0.39, 0.29) is 18.2 Å². The molecule has 2 amide bonds. The maximum absolute atomic E-state index is 12.0. The van der Waals surface area contributed by atoms with Gasteiger partial charge in [0.15, 0.2) is 0 Å². The molecule has 2 rings (SSSR count). The van der Waals surface area contributed by atoms with E-state index < -0.39 is 0 Å². The molecule has 2 aromatic carbocycles. The Labute approximate surface area is 168 Å². The lowest BCUT2D eigenvalue weighted by Crippen LogP contribution is -2.27. The fraction of sp³-hybridized carbons (Fsp3) is 0.333. The van der Waals surface area contributed by atoms with Gasteiger partial charge in [-0.2, -0.15) is 0 Å². The van der Waals surface area contributed by atoms with Crippen LogP contribution < -0.4 is 15.4 Å². The van der Waals surface area contributed by atoms with Crippen LogP contribution in [0.4, 0.5) is 5.69 Å². The molecule has 5 nitrogen and oxygen atoms in total. The van der Waals surface area contributed by atoms with E-state index in [1.54, 1.807) is 0 Å². The van der Waals surface area contributed by atoms with Crippen LogP contribution in [0.1, 0.15) is 30.4 Å². The van der Waals surface area contributed by atoms with Crippen molar-refractivity contribution in [2.45, 2.75) is 33.1 Å². The van der Waals surface area contributed by atoms with Gasteiger partial charge < -0.3 is 15.4 Å². The predicted molar refractivity (Wildman–Crippen MR) is 111 cm³/mol. The van der Waals surface area contributed by atoms with Crippen LogP contribution in [0.15, 0.2) is 46.9 Å². The first-order chi connectivity index (χ1) is 13.0. The van der Waals surface area contributed by atoms with Crippen molar-refractivity contribution in [3.8, 4) is 5.75 Å². The summed E-state index contributed by atoms with van der Waals surface area (Å²) in [5.41, 5.74) is 2.84. The maximum atomic E-state index is 12.0. The average molecular weight is 433 g/mol. The highest BCUT2D eigenvalue weighted by atomic mass is 79.9. The van der Waals surface area contributed by atoms with Gasteiger partial charge in [-0.3, -0.25) is 9.59 Å². The van der Waals surface area contributed by atoms with Gasteiger partial charge in [-0.05, 0) is 49.6 Å². The van der Waals surface area contributed by atoms with E-state index in [9.17, 15) is 9.59 Å². The summed E-state index contributed by atoms with van der Waals surface area (Å²) in [6.45, 7) is 4.73. The molecule has 0 saturated heterocycles. The van der Waals surface area contributed by atoms with Gasteiger partial charge in [-0.15, -0.1) is 0 Å². The summed E-state index contributed by atoms with van der Waals surface area (Å²) in [4.78, 5) is 23.9. The number of hydrogen-bond donors (Lipinski definition) is 2. The Balaban J connectivity index is 1.61. The number of ether oxygens (including phenoxy) is 1. The Kier molecular flexibility index (Phi) is 8.33. The van der Waals surface area contributed by atoms with Crippen LogP contribution in [-0.4, -0.2) is 25.0 Å². The number of carbonyl (C=O) groups is 2. The molecule has 0 aliphatic rings. The van der Waals surface area contributed by atoms with Crippen LogP contribution >= 0.6 is 15.9 Å². The molecule has 2 N–H and O–H groups in total. The van der Waals surface area contributed by atoms with Crippen LogP contribution in [-0.2, 0) is 9.59 Å². The van der Waals surface area contributed by atoms with E-state index in [0.717, 1.165) is 27.0 Å². The quantitative estimate of drug-likeness (QED) is 0.578. The van der Waals surface area contributed by atoms with Crippen molar-refractivity contribution in [1.29, 1.82) is 0 Å². The van der Waals surface area contributed by atoms with Crippen LogP contribution in [0.2, 0.25) is 0 Å². The van der Waals surface area contributed by atoms with Gasteiger partial charge >= 0.3 is 0 Å². The van der Waals surface area contributed by atoms with E-state index in [1.165, 1.54) is 0 Å². The fourth-order valence-corrected chi connectivity index (χ4v) is 2.84. The number of nitrogens with one attached hydrogen (secondary N) is 2. The molecule has 0 spiro atoms. The molecular formula is C21H25BrN2O3. The van der Waals surface area contributed by atoms with E-state index in [0.29, 0.717) is 26.0 Å². The number of carbonyl (C=O) groups excluding carboxylic acids is 2. The second kappa shape index (κ2) is 10.7. The predicted octanol–water partition coefficient (Wildman–Crippen LogP) is 4.37. The van der Waals surface area contributed by atoms with Gasteiger partial charge in [0.2, 0.25) is 11.8 Å². The van der Waals surface area contributed by atoms with Crippen LogP contribution in [0.3, 0.4) is 0 Å². The molecule has 0 aliphatic carbocycles. The highest BCUT2D eigenvalue weighted by Crippen LogP contribution is 2.20. The minimum atomic E-state index is -0.126. The lowest BCUT2D eigenvalue weighted by Gasteiger charge is -2.10. The van der Waals surface area contributed by atoms with Gasteiger partial charge in [-0.1, -0.05) is 40.2 Å². The third kappa shape index (κ3) is 7.43. The zero-order chi connectivity index (χ0) is 19.6. The summed E-state index contributed by atoms with van der Waals surface area (Å²) in [7, 11) is 0. The van der Waals surface area contributed by atoms with Crippen molar-refractivity contribution in [3.05, 3.63) is 58.1 Å². The third-order valence-corrected chi connectivity index (χ3v) is 4.54. The van der Waals surface area contributed by atoms with Crippen molar-refractivity contribution in [1.82, 2.24) is 5.32 Å². The van der Waals surface area contributed by atoms with Gasteiger partial charge in [0.25, 0.3) is 0 Å². The lowest BCUT2D eigenvalue weighted by atomic mass is 10.2. The Morgan fingerprint density at radius 2 is 1.78 bits per heavy atom. The maximum Gasteiger partial charge on any atom is 0.226 e. The summed E-state index contributed by atoms with van der Waals surface area (Å²) < 4.78 is 6.58. The minimum absolute atomic E-state index is 0.0742. The molecule has 0 fully saturated rings. The standard InChI is InChI=1S/C21H25BrN2O3/c1-15-9-10-17(22)14-18(15)24-21(26)11-12-23-20(25)8-5-13-27-19-7-4-3-6-16(19)2/h3-4,6-7,9-10,14H,5,8,11-13H2,1-2H3,(H,23,25)(H,24,26). The molecule has 2 aromatic rings. The largest absolute Gasteiger partial charge is 0.493 e. The molecule has 0 bridgehead atoms. The number of anilines is 1. The van der Waals surface area contributed by atoms with Gasteiger partial charge in [0, 0.05) is 29.5 Å². The molecule has 0 atom stereocenters. The first-order valence-corrected chi connectivity index (χ1v) is 9.76. The summed E-state index contributed by atoms with van der Waals surface area (Å²) in [5.74, 6) is 0.645. The number of para-hydroxylation sites is 1. The smallest absolute Gasteiger partial charge is 0.226 e. The van der Waals surface area contributed by atoms with E-state index in [4.69, 9.17) is 4.74 Å². The summed E-state index contributed by atoms with van der Waals surface area (Å²) >= 11 is 3.39. The molecule has 0 saturated carbocycles. The Morgan fingerprint density at radius 3 is 2.56 bits per heavy atom. The molecule has 0 aliphatic heterocycles. The summed E-state index contributed by atoms with van der Waals surface area (Å²) in [6.07, 6.45) is 1.24. The zero-order valence-electron chi connectivity index (χ0n) is 15.7.